The number of hydrazine groups is 1. The van der Waals surface area contributed by atoms with Crippen LogP contribution in [0.2, 0.25) is 0 Å². The Balaban J connectivity index is 1.47. The first kappa shape index (κ1) is 19.4. The molecular formula is C22H29N3O2. The van der Waals surface area contributed by atoms with E-state index < -0.39 is 0 Å². The minimum atomic E-state index is -0.235. The number of unbranched alkanes of at least 4 members (excludes halogenated alkanes) is 1. The summed E-state index contributed by atoms with van der Waals surface area (Å²) in [5.41, 5.74) is 9.82. The molecule has 1 fully saturated rings. The lowest BCUT2D eigenvalue weighted by molar-refractivity contribution is -0.123. The van der Waals surface area contributed by atoms with Crippen LogP contribution in [-0.4, -0.2) is 18.6 Å². The summed E-state index contributed by atoms with van der Waals surface area (Å²) in [5, 5.41) is 3.01. The topological polar surface area (TPSA) is 62.4 Å². The third-order valence-corrected chi connectivity index (χ3v) is 4.86. The predicted octanol–water partition coefficient (Wildman–Crippen LogP) is 3.40. The normalized spacial score (nSPS) is 19.0. The van der Waals surface area contributed by atoms with Crippen molar-refractivity contribution in [1.82, 2.24) is 16.2 Å². The molecule has 1 heterocycles. The van der Waals surface area contributed by atoms with Crippen molar-refractivity contribution in [2.45, 2.75) is 51.7 Å². The van der Waals surface area contributed by atoms with E-state index in [1.807, 2.05) is 24.3 Å². The largest absolute Gasteiger partial charge is 0.494 e. The number of hydrogen-bond donors (Lipinski definition) is 3. The summed E-state index contributed by atoms with van der Waals surface area (Å²) in [6.07, 6.45) is 2.91. The van der Waals surface area contributed by atoms with Gasteiger partial charge in [-0.05, 0) is 43.0 Å². The summed E-state index contributed by atoms with van der Waals surface area (Å²) >= 11 is 0. The number of carbonyl (C=O) groups is 1. The number of ether oxygens (including phenoxy) is 1. The zero-order valence-corrected chi connectivity index (χ0v) is 16.1. The molecule has 0 radical (unpaired) electrons. The fraction of sp³-hybridized carbons (Fsp3) is 0.409. The lowest BCUT2D eigenvalue weighted by Crippen LogP contribution is -2.42. The standard InChI is InChI=1S/C22H29N3O2/c1-3-4-13-27-19-11-9-18(10-12-19)20-14-21(25-24-20)22(26)23-15-17-7-5-16(2)6-8-17/h5-12,20-21,24-25H,3-4,13-15H2,1-2H3,(H,23,26). The number of amides is 1. The Morgan fingerprint density at radius 1 is 1.11 bits per heavy atom. The second-order valence-corrected chi connectivity index (χ2v) is 7.10. The van der Waals surface area contributed by atoms with E-state index in [0.29, 0.717) is 6.54 Å². The molecule has 0 spiro atoms. The highest BCUT2D eigenvalue weighted by Crippen LogP contribution is 2.24. The molecule has 5 heteroatoms. The van der Waals surface area contributed by atoms with Crippen molar-refractivity contribution in [2.75, 3.05) is 6.61 Å². The molecule has 2 unspecified atom stereocenters. The molecule has 1 amide bonds. The summed E-state index contributed by atoms with van der Waals surface area (Å²) in [6, 6.07) is 16.2. The Morgan fingerprint density at radius 2 is 1.85 bits per heavy atom. The Morgan fingerprint density at radius 3 is 2.56 bits per heavy atom. The highest BCUT2D eigenvalue weighted by molar-refractivity contribution is 5.82. The van der Waals surface area contributed by atoms with Gasteiger partial charge in [0, 0.05) is 12.6 Å². The molecule has 0 saturated carbocycles. The Bertz CT molecular complexity index is 728. The van der Waals surface area contributed by atoms with Gasteiger partial charge < -0.3 is 10.1 Å². The first-order chi connectivity index (χ1) is 13.2. The van der Waals surface area contributed by atoms with Gasteiger partial charge in [0.25, 0.3) is 0 Å². The van der Waals surface area contributed by atoms with Crippen LogP contribution in [0.4, 0.5) is 0 Å². The van der Waals surface area contributed by atoms with Crippen LogP contribution in [0.1, 0.15) is 48.9 Å². The maximum atomic E-state index is 12.4. The summed E-state index contributed by atoms with van der Waals surface area (Å²) in [4.78, 5) is 12.4. The second kappa shape index (κ2) is 9.53. The summed E-state index contributed by atoms with van der Waals surface area (Å²) < 4.78 is 5.70. The molecule has 1 saturated heterocycles. The lowest BCUT2D eigenvalue weighted by Gasteiger charge is -2.12. The molecule has 3 rings (SSSR count). The van der Waals surface area contributed by atoms with Gasteiger partial charge in [-0.1, -0.05) is 55.3 Å². The molecule has 2 aromatic rings. The number of hydrogen-bond acceptors (Lipinski definition) is 4. The number of carbonyl (C=O) groups excluding carboxylic acids is 1. The third-order valence-electron chi connectivity index (χ3n) is 4.86. The van der Waals surface area contributed by atoms with Gasteiger partial charge in [0.2, 0.25) is 5.91 Å². The highest BCUT2D eigenvalue weighted by Gasteiger charge is 2.29. The Kier molecular flexibility index (Phi) is 6.85. The molecule has 0 aromatic heterocycles. The van der Waals surface area contributed by atoms with E-state index in [4.69, 9.17) is 4.74 Å². The molecule has 2 aromatic carbocycles. The second-order valence-electron chi connectivity index (χ2n) is 7.10. The predicted molar refractivity (Wildman–Crippen MR) is 107 cm³/mol. The van der Waals surface area contributed by atoms with Crippen LogP contribution in [0.25, 0.3) is 0 Å². The summed E-state index contributed by atoms with van der Waals surface area (Å²) in [5.74, 6) is 0.913. The van der Waals surface area contributed by atoms with E-state index in [1.54, 1.807) is 0 Å². The molecule has 0 bridgehead atoms. The van der Waals surface area contributed by atoms with E-state index in [0.717, 1.165) is 42.7 Å². The van der Waals surface area contributed by atoms with Crippen molar-refractivity contribution < 1.29 is 9.53 Å². The van der Waals surface area contributed by atoms with Crippen molar-refractivity contribution in [1.29, 1.82) is 0 Å². The number of aryl methyl sites for hydroxylation is 1. The summed E-state index contributed by atoms with van der Waals surface area (Å²) in [7, 11) is 0. The molecule has 1 aliphatic rings. The molecule has 5 nitrogen and oxygen atoms in total. The van der Waals surface area contributed by atoms with Crippen molar-refractivity contribution in [3.05, 3.63) is 65.2 Å². The van der Waals surface area contributed by atoms with Gasteiger partial charge in [-0.25, -0.2) is 10.9 Å². The SMILES string of the molecule is CCCCOc1ccc(C2CC(C(=O)NCc3ccc(C)cc3)NN2)cc1. The fourth-order valence-corrected chi connectivity index (χ4v) is 3.10. The van der Waals surface area contributed by atoms with E-state index in [1.165, 1.54) is 5.56 Å². The van der Waals surface area contributed by atoms with Crippen LogP contribution in [0.5, 0.6) is 5.75 Å². The smallest absolute Gasteiger partial charge is 0.238 e. The van der Waals surface area contributed by atoms with Gasteiger partial charge in [0.1, 0.15) is 11.8 Å². The van der Waals surface area contributed by atoms with Crippen molar-refractivity contribution in [2.24, 2.45) is 0 Å². The molecule has 0 aliphatic carbocycles. The zero-order valence-electron chi connectivity index (χ0n) is 16.1. The molecule has 2 atom stereocenters. The molecule has 1 aliphatic heterocycles. The van der Waals surface area contributed by atoms with Gasteiger partial charge in [0.05, 0.1) is 6.61 Å². The first-order valence-electron chi connectivity index (χ1n) is 9.73. The highest BCUT2D eigenvalue weighted by atomic mass is 16.5. The van der Waals surface area contributed by atoms with Gasteiger partial charge in [-0.15, -0.1) is 0 Å². The van der Waals surface area contributed by atoms with E-state index in [2.05, 4.69) is 54.3 Å². The Labute approximate surface area is 161 Å². The zero-order chi connectivity index (χ0) is 19.1. The number of rotatable bonds is 8. The molecule has 144 valence electrons. The fourth-order valence-electron chi connectivity index (χ4n) is 3.10. The van der Waals surface area contributed by atoms with E-state index >= 15 is 0 Å². The molecular weight excluding hydrogens is 338 g/mol. The average molecular weight is 367 g/mol. The van der Waals surface area contributed by atoms with Crippen LogP contribution in [0, 0.1) is 6.92 Å². The van der Waals surface area contributed by atoms with Crippen LogP contribution >= 0.6 is 0 Å². The monoisotopic (exact) mass is 367 g/mol. The maximum absolute atomic E-state index is 12.4. The van der Waals surface area contributed by atoms with Crippen LogP contribution in [0.15, 0.2) is 48.5 Å². The summed E-state index contributed by atoms with van der Waals surface area (Å²) in [6.45, 7) is 5.51. The van der Waals surface area contributed by atoms with Crippen molar-refractivity contribution >= 4 is 5.91 Å². The molecule has 3 N–H and O–H groups in total. The van der Waals surface area contributed by atoms with E-state index in [9.17, 15) is 4.79 Å². The van der Waals surface area contributed by atoms with E-state index in [-0.39, 0.29) is 18.0 Å². The number of nitrogens with one attached hydrogen (secondary N) is 3. The van der Waals surface area contributed by atoms with Gasteiger partial charge in [0.15, 0.2) is 0 Å². The van der Waals surface area contributed by atoms with Gasteiger partial charge >= 0.3 is 0 Å². The van der Waals surface area contributed by atoms with Crippen LogP contribution in [0.3, 0.4) is 0 Å². The molecule has 27 heavy (non-hydrogen) atoms. The Hall–Kier alpha value is -2.37. The number of benzene rings is 2. The van der Waals surface area contributed by atoms with Gasteiger partial charge in [-0.2, -0.15) is 0 Å². The quantitative estimate of drug-likeness (QED) is 0.626. The average Bonchev–Trinajstić information content (AvgIpc) is 3.18. The van der Waals surface area contributed by atoms with Gasteiger partial charge in [-0.3, -0.25) is 4.79 Å². The van der Waals surface area contributed by atoms with Crippen LogP contribution in [-0.2, 0) is 11.3 Å². The maximum Gasteiger partial charge on any atom is 0.238 e. The minimum Gasteiger partial charge on any atom is -0.494 e. The van der Waals surface area contributed by atoms with Crippen molar-refractivity contribution in [3.8, 4) is 5.75 Å². The minimum absolute atomic E-state index is 0.0186. The third kappa shape index (κ3) is 5.55. The first-order valence-corrected chi connectivity index (χ1v) is 9.73. The lowest BCUT2D eigenvalue weighted by atomic mass is 10.0. The van der Waals surface area contributed by atoms with Crippen LogP contribution < -0.4 is 20.9 Å². The van der Waals surface area contributed by atoms with Crippen molar-refractivity contribution in [3.63, 3.8) is 0 Å².